The smallest absolute Gasteiger partial charge is 0.345 e. The minimum Gasteiger partial charge on any atom is -0.497 e. The molecule has 112 valence electrons. The minimum absolute atomic E-state index is 0.409. The number of aromatic nitrogens is 1. The molecule has 0 radical (unpaired) electrons. The van der Waals surface area contributed by atoms with Gasteiger partial charge in [-0.2, -0.15) is 0 Å². The van der Waals surface area contributed by atoms with Crippen LogP contribution in [0.5, 0.6) is 5.75 Å². The van der Waals surface area contributed by atoms with Crippen molar-refractivity contribution in [2.24, 2.45) is 0 Å². The SMILES string of the molecule is COc1ccc2cc(-c3ccc4ccccc4n3)c(=O)oc2c1. The second-order valence-electron chi connectivity index (χ2n) is 5.24. The van der Waals surface area contributed by atoms with E-state index in [1.807, 2.05) is 48.5 Å². The van der Waals surface area contributed by atoms with Crippen LogP contribution >= 0.6 is 0 Å². The topological polar surface area (TPSA) is 52.3 Å². The molecule has 0 N–H and O–H groups in total. The molecule has 0 saturated heterocycles. The van der Waals surface area contributed by atoms with Crippen molar-refractivity contribution in [1.82, 2.24) is 4.98 Å². The van der Waals surface area contributed by atoms with Gasteiger partial charge in [0.1, 0.15) is 11.3 Å². The van der Waals surface area contributed by atoms with Gasteiger partial charge in [-0.1, -0.05) is 24.3 Å². The lowest BCUT2D eigenvalue weighted by molar-refractivity contribution is 0.414. The zero-order valence-corrected chi connectivity index (χ0v) is 12.4. The van der Waals surface area contributed by atoms with E-state index in [9.17, 15) is 4.79 Å². The van der Waals surface area contributed by atoms with E-state index in [-0.39, 0.29) is 0 Å². The number of nitrogens with zero attached hydrogens (tertiary/aromatic N) is 1. The van der Waals surface area contributed by atoms with Gasteiger partial charge in [-0.15, -0.1) is 0 Å². The van der Waals surface area contributed by atoms with Gasteiger partial charge >= 0.3 is 5.63 Å². The summed E-state index contributed by atoms with van der Waals surface area (Å²) in [6, 6.07) is 18.8. The Morgan fingerprint density at radius 3 is 2.65 bits per heavy atom. The van der Waals surface area contributed by atoms with Crippen molar-refractivity contribution >= 4 is 21.9 Å². The Balaban J connectivity index is 1.92. The Morgan fingerprint density at radius 2 is 1.78 bits per heavy atom. The van der Waals surface area contributed by atoms with Crippen molar-refractivity contribution in [3.8, 4) is 17.0 Å². The zero-order valence-electron chi connectivity index (χ0n) is 12.4. The first kappa shape index (κ1) is 13.5. The van der Waals surface area contributed by atoms with Gasteiger partial charge < -0.3 is 9.15 Å². The van der Waals surface area contributed by atoms with E-state index in [2.05, 4.69) is 4.98 Å². The molecule has 2 aromatic carbocycles. The van der Waals surface area contributed by atoms with Crippen LogP contribution in [0.15, 0.2) is 69.9 Å². The summed E-state index contributed by atoms with van der Waals surface area (Å²) in [6.45, 7) is 0. The average molecular weight is 303 g/mol. The van der Waals surface area contributed by atoms with Gasteiger partial charge in [0.15, 0.2) is 0 Å². The number of fused-ring (bicyclic) bond motifs is 2. The predicted octanol–water partition coefficient (Wildman–Crippen LogP) is 4.02. The third-order valence-electron chi connectivity index (χ3n) is 3.82. The first-order valence-electron chi connectivity index (χ1n) is 7.23. The third kappa shape index (κ3) is 2.34. The maximum absolute atomic E-state index is 12.3. The van der Waals surface area contributed by atoms with E-state index < -0.39 is 5.63 Å². The normalized spacial score (nSPS) is 11.0. The lowest BCUT2D eigenvalue weighted by Crippen LogP contribution is -2.04. The van der Waals surface area contributed by atoms with Crippen LogP contribution in [0.3, 0.4) is 0 Å². The van der Waals surface area contributed by atoms with Crippen molar-refractivity contribution < 1.29 is 9.15 Å². The number of hydrogen-bond donors (Lipinski definition) is 0. The molecule has 4 heteroatoms. The maximum Gasteiger partial charge on any atom is 0.345 e. The van der Waals surface area contributed by atoms with Gasteiger partial charge in [0.05, 0.1) is 23.9 Å². The van der Waals surface area contributed by atoms with Crippen LogP contribution < -0.4 is 10.4 Å². The van der Waals surface area contributed by atoms with Crippen LogP contribution in [0.1, 0.15) is 0 Å². The molecule has 4 nitrogen and oxygen atoms in total. The van der Waals surface area contributed by atoms with Crippen molar-refractivity contribution in [1.29, 1.82) is 0 Å². The van der Waals surface area contributed by atoms with Gasteiger partial charge in [-0.05, 0) is 30.3 Å². The van der Waals surface area contributed by atoms with Gasteiger partial charge in [-0.25, -0.2) is 9.78 Å². The molecular formula is C19H13NO3. The summed E-state index contributed by atoms with van der Waals surface area (Å²) in [4.78, 5) is 16.9. The molecule has 23 heavy (non-hydrogen) atoms. The van der Waals surface area contributed by atoms with Crippen molar-refractivity contribution in [2.75, 3.05) is 7.11 Å². The molecule has 0 fully saturated rings. The van der Waals surface area contributed by atoms with E-state index in [0.29, 0.717) is 22.6 Å². The highest BCUT2D eigenvalue weighted by Gasteiger charge is 2.10. The Hall–Kier alpha value is -3.14. The molecule has 0 atom stereocenters. The third-order valence-corrected chi connectivity index (χ3v) is 3.82. The second-order valence-corrected chi connectivity index (χ2v) is 5.24. The molecule has 4 rings (SSSR count). The summed E-state index contributed by atoms with van der Waals surface area (Å²) < 4.78 is 10.6. The molecule has 0 aliphatic rings. The van der Waals surface area contributed by atoms with Crippen molar-refractivity contribution in [3.05, 3.63) is 71.1 Å². The Bertz CT molecular complexity index is 1080. The highest BCUT2D eigenvalue weighted by Crippen LogP contribution is 2.24. The van der Waals surface area contributed by atoms with E-state index in [1.165, 1.54) is 0 Å². The number of rotatable bonds is 2. The molecule has 0 aliphatic carbocycles. The summed E-state index contributed by atoms with van der Waals surface area (Å²) in [5.74, 6) is 0.650. The Kier molecular flexibility index (Phi) is 3.08. The second kappa shape index (κ2) is 5.25. The number of para-hydroxylation sites is 1. The van der Waals surface area contributed by atoms with Crippen LogP contribution in [-0.4, -0.2) is 12.1 Å². The van der Waals surface area contributed by atoms with E-state index >= 15 is 0 Å². The molecule has 4 aromatic rings. The molecule has 0 unspecified atom stereocenters. The highest BCUT2D eigenvalue weighted by molar-refractivity contribution is 5.85. The Labute approximate surface area is 132 Å². The van der Waals surface area contributed by atoms with Crippen molar-refractivity contribution in [3.63, 3.8) is 0 Å². The maximum atomic E-state index is 12.3. The van der Waals surface area contributed by atoms with Crippen LogP contribution in [0.4, 0.5) is 0 Å². The van der Waals surface area contributed by atoms with E-state index in [4.69, 9.17) is 9.15 Å². The zero-order chi connectivity index (χ0) is 15.8. The fourth-order valence-corrected chi connectivity index (χ4v) is 2.61. The van der Waals surface area contributed by atoms with E-state index in [1.54, 1.807) is 19.2 Å². The first-order chi connectivity index (χ1) is 11.2. The van der Waals surface area contributed by atoms with Gasteiger partial charge in [-0.3, -0.25) is 0 Å². The lowest BCUT2D eigenvalue weighted by atomic mass is 10.1. The summed E-state index contributed by atoms with van der Waals surface area (Å²) in [7, 11) is 1.58. The molecule has 0 saturated carbocycles. The number of ether oxygens (including phenoxy) is 1. The molecule has 0 bridgehead atoms. The molecule has 2 aromatic heterocycles. The minimum atomic E-state index is -0.409. The molecule has 0 aliphatic heterocycles. The fourth-order valence-electron chi connectivity index (χ4n) is 2.61. The fraction of sp³-hybridized carbons (Fsp3) is 0.0526. The Morgan fingerprint density at radius 1 is 0.957 bits per heavy atom. The van der Waals surface area contributed by atoms with Gasteiger partial charge in [0, 0.05) is 16.8 Å². The predicted molar refractivity (Wildman–Crippen MR) is 89.8 cm³/mol. The van der Waals surface area contributed by atoms with Crippen molar-refractivity contribution in [2.45, 2.75) is 0 Å². The lowest BCUT2D eigenvalue weighted by Gasteiger charge is -2.05. The summed E-state index contributed by atoms with van der Waals surface area (Å²) in [6.07, 6.45) is 0. The van der Waals surface area contributed by atoms with Gasteiger partial charge in [0.2, 0.25) is 0 Å². The number of hydrogen-bond acceptors (Lipinski definition) is 4. The molecular weight excluding hydrogens is 290 g/mol. The van der Waals surface area contributed by atoms with Gasteiger partial charge in [0.25, 0.3) is 0 Å². The van der Waals surface area contributed by atoms with Crippen LogP contribution in [-0.2, 0) is 0 Å². The largest absolute Gasteiger partial charge is 0.497 e. The van der Waals surface area contributed by atoms with Crippen LogP contribution in [0.25, 0.3) is 33.1 Å². The average Bonchev–Trinajstić information content (AvgIpc) is 2.60. The number of methoxy groups -OCH3 is 1. The molecule has 2 heterocycles. The molecule has 0 amide bonds. The standard InChI is InChI=1S/C19H13NO3/c1-22-14-8-6-13-10-15(19(21)23-18(13)11-14)17-9-7-12-4-2-3-5-16(12)20-17/h2-11H,1H3. The summed E-state index contributed by atoms with van der Waals surface area (Å²) >= 11 is 0. The first-order valence-corrected chi connectivity index (χ1v) is 7.23. The number of benzene rings is 2. The quantitative estimate of drug-likeness (QED) is 0.525. The monoisotopic (exact) mass is 303 g/mol. The van der Waals surface area contributed by atoms with Crippen LogP contribution in [0.2, 0.25) is 0 Å². The summed E-state index contributed by atoms with van der Waals surface area (Å²) in [5, 5.41) is 1.86. The summed E-state index contributed by atoms with van der Waals surface area (Å²) in [5.41, 5.74) is 2.00. The highest BCUT2D eigenvalue weighted by atomic mass is 16.5. The molecule has 0 spiro atoms. The van der Waals surface area contributed by atoms with E-state index in [0.717, 1.165) is 16.3 Å². The number of pyridine rings is 1. The van der Waals surface area contributed by atoms with Crippen LogP contribution in [0, 0.1) is 0 Å².